The lowest BCUT2D eigenvalue weighted by Gasteiger charge is -2.13. The van der Waals surface area contributed by atoms with Crippen LogP contribution >= 0.6 is 0 Å². The molecule has 2 heteroatoms. The van der Waals surface area contributed by atoms with E-state index in [2.05, 4.69) is 39.2 Å². The van der Waals surface area contributed by atoms with Crippen LogP contribution in [0.15, 0.2) is 0 Å². The first-order valence-electron chi connectivity index (χ1n) is 5.52. The Hall–Kier alpha value is -0.890. The van der Waals surface area contributed by atoms with Crippen LogP contribution in [0.2, 0.25) is 0 Å². The van der Waals surface area contributed by atoms with E-state index in [9.17, 15) is 0 Å². The number of pyridine rings is 1. The maximum atomic E-state index is 5.26. The van der Waals surface area contributed by atoms with E-state index in [1.54, 1.807) is 7.11 Å². The number of hydrogen-bond donors (Lipinski definition) is 0. The summed E-state index contributed by atoms with van der Waals surface area (Å²) in [6.07, 6.45) is 0. The van der Waals surface area contributed by atoms with Gasteiger partial charge >= 0.3 is 0 Å². The molecule has 1 aromatic rings. The van der Waals surface area contributed by atoms with Crippen molar-refractivity contribution in [2.45, 2.75) is 47.8 Å². The van der Waals surface area contributed by atoms with E-state index in [-0.39, 0.29) is 0 Å². The third kappa shape index (κ3) is 2.05. The van der Waals surface area contributed by atoms with Gasteiger partial charge in [-0.1, -0.05) is 0 Å². The molecule has 15 heavy (non-hydrogen) atoms. The Labute approximate surface area is 92.9 Å². The first-order chi connectivity index (χ1) is 7.04. The molecule has 0 N–H and O–H groups in total. The van der Waals surface area contributed by atoms with Crippen molar-refractivity contribution in [1.82, 2.24) is 0 Å². The average molecular weight is 208 g/mol. The molecule has 0 spiro atoms. The molecule has 0 fully saturated rings. The summed E-state index contributed by atoms with van der Waals surface area (Å²) in [4.78, 5) is 0. The van der Waals surface area contributed by atoms with Gasteiger partial charge in [-0.05, 0) is 26.3 Å². The normalized spacial score (nSPS) is 10.8. The fourth-order valence-corrected chi connectivity index (χ4v) is 2.21. The van der Waals surface area contributed by atoms with Gasteiger partial charge in [0.05, 0.1) is 6.61 Å². The summed E-state index contributed by atoms with van der Waals surface area (Å²) >= 11 is 0. The number of ether oxygens (including phenoxy) is 1. The van der Waals surface area contributed by atoms with E-state index in [1.165, 1.54) is 28.1 Å². The number of nitrogens with zero attached hydrogens (tertiary/aromatic N) is 1. The molecule has 1 rings (SSSR count). The molecule has 0 radical (unpaired) electrons. The molecule has 0 bridgehead atoms. The van der Waals surface area contributed by atoms with Crippen LogP contribution in [0.3, 0.4) is 0 Å². The van der Waals surface area contributed by atoms with E-state index in [0.29, 0.717) is 6.61 Å². The van der Waals surface area contributed by atoms with Gasteiger partial charge in [0, 0.05) is 32.1 Å². The molecule has 0 aliphatic rings. The molecule has 1 aromatic heterocycles. The molecule has 0 amide bonds. The van der Waals surface area contributed by atoms with Crippen molar-refractivity contribution in [3.8, 4) is 0 Å². The summed E-state index contributed by atoms with van der Waals surface area (Å²) < 4.78 is 7.63. The van der Waals surface area contributed by atoms with Crippen molar-refractivity contribution in [3.63, 3.8) is 0 Å². The Morgan fingerprint density at radius 1 is 1.00 bits per heavy atom. The monoisotopic (exact) mass is 208 g/mol. The highest BCUT2D eigenvalue weighted by atomic mass is 16.5. The molecule has 0 aliphatic heterocycles. The summed E-state index contributed by atoms with van der Waals surface area (Å²) in [7, 11) is 1.75. The van der Waals surface area contributed by atoms with E-state index >= 15 is 0 Å². The molecule has 0 aliphatic carbocycles. The van der Waals surface area contributed by atoms with Crippen molar-refractivity contribution in [1.29, 1.82) is 0 Å². The van der Waals surface area contributed by atoms with E-state index in [1.807, 2.05) is 0 Å². The predicted molar refractivity (Wildman–Crippen MR) is 62.0 cm³/mol. The van der Waals surface area contributed by atoms with Crippen LogP contribution in [-0.2, 0) is 17.9 Å². The summed E-state index contributed by atoms with van der Waals surface area (Å²) in [6, 6.07) is 0. The summed E-state index contributed by atoms with van der Waals surface area (Å²) in [5.74, 6) is 0. The Kier molecular flexibility index (Phi) is 3.86. The molecular formula is C13H22NO+. The average Bonchev–Trinajstić information content (AvgIpc) is 2.23. The van der Waals surface area contributed by atoms with Gasteiger partial charge in [0.15, 0.2) is 11.4 Å². The topological polar surface area (TPSA) is 13.1 Å². The fourth-order valence-electron chi connectivity index (χ4n) is 2.21. The molecule has 0 atom stereocenters. The highest BCUT2D eigenvalue weighted by Gasteiger charge is 2.19. The maximum Gasteiger partial charge on any atom is 0.181 e. The first kappa shape index (κ1) is 12.2. The Morgan fingerprint density at radius 3 is 1.80 bits per heavy atom. The Balaban J connectivity index is 3.44. The van der Waals surface area contributed by atoms with Gasteiger partial charge in [0.1, 0.15) is 6.54 Å². The van der Waals surface area contributed by atoms with Gasteiger partial charge in [-0.2, -0.15) is 0 Å². The molecule has 1 heterocycles. The molecule has 0 unspecified atom stereocenters. The summed E-state index contributed by atoms with van der Waals surface area (Å²) in [5, 5.41) is 0. The number of rotatable bonds is 3. The van der Waals surface area contributed by atoms with Crippen LogP contribution in [0.25, 0.3) is 0 Å². The number of methoxy groups -OCH3 is 1. The van der Waals surface area contributed by atoms with Crippen LogP contribution in [0.1, 0.15) is 35.0 Å². The van der Waals surface area contributed by atoms with Crippen molar-refractivity contribution >= 4 is 0 Å². The third-order valence-corrected chi connectivity index (χ3v) is 3.41. The van der Waals surface area contributed by atoms with Crippen LogP contribution in [0.4, 0.5) is 0 Å². The van der Waals surface area contributed by atoms with Crippen molar-refractivity contribution in [3.05, 3.63) is 28.1 Å². The largest absolute Gasteiger partial charge is 0.380 e. The lowest BCUT2D eigenvalue weighted by molar-refractivity contribution is -0.705. The van der Waals surface area contributed by atoms with Crippen molar-refractivity contribution < 1.29 is 9.30 Å². The summed E-state index contributed by atoms with van der Waals surface area (Å²) in [5.41, 5.74) is 6.78. The van der Waals surface area contributed by atoms with Gasteiger partial charge < -0.3 is 4.74 Å². The Morgan fingerprint density at radius 2 is 1.47 bits per heavy atom. The lowest BCUT2D eigenvalue weighted by Crippen LogP contribution is -2.41. The highest BCUT2D eigenvalue weighted by molar-refractivity contribution is 5.34. The molecule has 0 saturated carbocycles. The lowest BCUT2D eigenvalue weighted by atomic mass is 10.0. The molecule has 0 aromatic carbocycles. The van der Waals surface area contributed by atoms with E-state index in [4.69, 9.17) is 4.74 Å². The van der Waals surface area contributed by atoms with Crippen molar-refractivity contribution in [2.24, 2.45) is 0 Å². The fraction of sp³-hybridized carbons (Fsp3) is 0.615. The molecule has 2 nitrogen and oxygen atoms in total. The van der Waals surface area contributed by atoms with Crippen molar-refractivity contribution in [2.75, 3.05) is 7.11 Å². The second kappa shape index (κ2) is 4.75. The zero-order chi connectivity index (χ0) is 11.6. The van der Waals surface area contributed by atoms with E-state index < -0.39 is 0 Å². The number of aromatic nitrogens is 1. The molecular weight excluding hydrogens is 186 g/mol. The van der Waals surface area contributed by atoms with Gasteiger partial charge in [-0.25, -0.2) is 4.57 Å². The highest BCUT2D eigenvalue weighted by Crippen LogP contribution is 2.18. The van der Waals surface area contributed by atoms with Gasteiger partial charge in [-0.15, -0.1) is 0 Å². The van der Waals surface area contributed by atoms with Crippen LogP contribution in [-0.4, -0.2) is 7.11 Å². The first-order valence-corrected chi connectivity index (χ1v) is 5.52. The van der Waals surface area contributed by atoms with Gasteiger partial charge in [0.25, 0.3) is 0 Å². The summed E-state index contributed by atoms with van der Waals surface area (Å²) in [6.45, 7) is 12.7. The maximum absolute atomic E-state index is 5.26. The molecule has 0 saturated heterocycles. The minimum atomic E-state index is 0.712. The second-order valence-electron chi connectivity index (χ2n) is 4.08. The van der Waals surface area contributed by atoms with Gasteiger partial charge in [-0.3, -0.25) is 0 Å². The van der Waals surface area contributed by atoms with Crippen LogP contribution < -0.4 is 4.57 Å². The minimum absolute atomic E-state index is 0.712. The quantitative estimate of drug-likeness (QED) is 0.695. The van der Waals surface area contributed by atoms with Crippen LogP contribution in [0, 0.1) is 27.7 Å². The third-order valence-electron chi connectivity index (χ3n) is 3.41. The van der Waals surface area contributed by atoms with Gasteiger partial charge in [0.2, 0.25) is 0 Å². The zero-order valence-corrected chi connectivity index (χ0v) is 10.8. The number of hydrogen-bond acceptors (Lipinski definition) is 1. The smallest absolute Gasteiger partial charge is 0.181 e. The Bertz CT molecular complexity index is 340. The minimum Gasteiger partial charge on any atom is -0.380 e. The molecule has 84 valence electrons. The van der Waals surface area contributed by atoms with E-state index in [0.717, 1.165) is 6.54 Å². The standard InChI is InChI=1S/C13H22NO/c1-7-14-11(4)9(2)13(8-15-6)10(3)12(14)5/h7-8H2,1-6H3/q+1. The van der Waals surface area contributed by atoms with Crippen LogP contribution in [0.5, 0.6) is 0 Å². The second-order valence-corrected chi connectivity index (χ2v) is 4.08. The predicted octanol–water partition coefficient (Wildman–Crippen LogP) is 2.37. The SMILES string of the molecule is CC[n+]1c(C)c(C)c(COC)c(C)c1C. The zero-order valence-electron chi connectivity index (χ0n) is 10.8.